The van der Waals surface area contributed by atoms with Crippen molar-refractivity contribution in [1.82, 2.24) is 15.5 Å². The van der Waals surface area contributed by atoms with Gasteiger partial charge in [0.05, 0.1) is 6.17 Å². The lowest BCUT2D eigenvalue weighted by molar-refractivity contribution is -0.155. The van der Waals surface area contributed by atoms with Crippen LogP contribution in [0, 0.1) is 5.92 Å². The number of amides is 1. The smallest absolute Gasteiger partial charge is 0.376 e. The lowest BCUT2D eigenvalue weighted by Crippen LogP contribution is -2.68. The van der Waals surface area contributed by atoms with E-state index in [0.29, 0.717) is 6.54 Å². The van der Waals surface area contributed by atoms with E-state index in [1.165, 1.54) is 0 Å². The fourth-order valence-corrected chi connectivity index (χ4v) is 2.91. The number of cyclic esters (lactones) is 2. The van der Waals surface area contributed by atoms with E-state index in [1.54, 1.807) is 4.90 Å². The second-order valence-electron chi connectivity index (χ2n) is 5.66. The molecule has 0 radical (unpaired) electrons. The average molecular weight is 289 g/mol. The van der Waals surface area contributed by atoms with Gasteiger partial charge in [-0.25, -0.2) is 4.79 Å². The summed E-state index contributed by atoms with van der Waals surface area (Å²) >= 11 is 0. The van der Waals surface area contributed by atoms with Crippen LogP contribution in [0.5, 0.6) is 0 Å². The molecule has 2 aliphatic heterocycles. The Kier molecular flexibility index (Phi) is 3.65. The van der Waals surface area contributed by atoms with Crippen LogP contribution in [-0.4, -0.2) is 35.7 Å². The number of benzene rings is 1. The summed E-state index contributed by atoms with van der Waals surface area (Å²) in [6.45, 7) is 4.30. The highest BCUT2D eigenvalue weighted by Crippen LogP contribution is 2.27. The van der Waals surface area contributed by atoms with Gasteiger partial charge in [-0.1, -0.05) is 30.3 Å². The second kappa shape index (κ2) is 5.46. The molecule has 1 aromatic carbocycles. The first kappa shape index (κ1) is 14.0. The number of hydrogen-bond donors (Lipinski definition) is 2. The summed E-state index contributed by atoms with van der Waals surface area (Å²) in [5.74, 6) is -0.849. The zero-order chi connectivity index (χ0) is 15.0. The number of carbonyl (C=O) groups is 2. The molecular formula is C15H19N3O3. The van der Waals surface area contributed by atoms with Crippen LogP contribution in [0.2, 0.25) is 0 Å². The van der Waals surface area contributed by atoms with Crippen LogP contribution in [0.25, 0.3) is 0 Å². The predicted octanol–water partition coefficient (Wildman–Crippen LogP) is 1.21. The first-order chi connectivity index (χ1) is 10.1. The van der Waals surface area contributed by atoms with E-state index in [4.69, 9.17) is 4.74 Å². The van der Waals surface area contributed by atoms with E-state index >= 15 is 0 Å². The maximum atomic E-state index is 12.0. The SMILES string of the molecule is CC(C)N1C(=O)OC(=O)C2CNC(c3ccccc3)NC21. The number of ether oxygens (including phenoxy) is 1. The summed E-state index contributed by atoms with van der Waals surface area (Å²) in [5, 5.41) is 6.65. The molecule has 1 amide bonds. The fraction of sp³-hybridized carbons (Fsp3) is 0.467. The molecule has 1 aromatic rings. The molecule has 6 heteroatoms. The summed E-state index contributed by atoms with van der Waals surface area (Å²) in [5.41, 5.74) is 1.08. The maximum Gasteiger partial charge on any atom is 0.419 e. The summed E-state index contributed by atoms with van der Waals surface area (Å²) in [6, 6.07) is 9.86. The Hall–Kier alpha value is -1.92. The zero-order valence-electron chi connectivity index (χ0n) is 12.1. The number of fused-ring (bicyclic) bond motifs is 1. The van der Waals surface area contributed by atoms with E-state index in [9.17, 15) is 9.59 Å². The van der Waals surface area contributed by atoms with E-state index in [1.807, 2.05) is 44.2 Å². The van der Waals surface area contributed by atoms with Gasteiger partial charge in [0.15, 0.2) is 0 Å². The number of nitrogens with one attached hydrogen (secondary N) is 2. The lowest BCUT2D eigenvalue weighted by Gasteiger charge is -2.46. The topological polar surface area (TPSA) is 70.7 Å². The molecule has 3 unspecified atom stereocenters. The first-order valence-electron chi connectivity index (χ1n) is 7.16. The Bertz CT molecular complexity index is 546. The van der Waals surface area contributed by atoms with Gasteiger partial charge in [-0.2, -0.15) is 0 Å². The predicted molar refractivity (Wildman–Crippen MR) is 76.1 cm³/mol. The third kappa shape index (κ3) is 2.52. The third-order valence-electron chi connectivity index (χ3n) is 3.95. The van der Waals surface area contributed by atoms with Crippen molar-refractivity contribution in [2.75, 3.05) is 6.54 Å². The van der Waals surface area contributed by atoms with Gasteiger partial charge in [0.2, 0.25) is 0 Å². The Morgan fingerprint density at radius 3 is 2.62 bits per heavy atom. The quantitative estimate of drug-likeness (QED) is 0.632. The Balaban J connectivity index is 1.86. The largest absolute Gasteiger partial charge is 0.419 e. The molecule has 6 nitrogen and oxygen atoms in total. The van der Waals surface area contributed by atoms with Gasteiger partial charge in [-0.15, -0.1) is 0 Å². The minimum atomic E-state index is -0.572. The van der Waals surface area contributed by atoms with Crippen molar-refractivity contribution in [3.8, 4) is 0 Å². The molecule has 112 valence electrons. The molecule has 0 saturated carbocycles. The lowest BCUT2D eigenvalue weighted by atomic mass is 9.97. The number of esters is 1. The van der Waals surface area contributed by atoms with Gasteiger partial charge < -0.3 is 4.74 Å². The Labute approximate surface area is 123 Å². The zero-order valence-corrected chi connectivity index (χ0v) is 12.1. The molecule has 0 aromatic heterocycles. The van der Waals surface area contributed by atoms with Gasteiger partial charge in [0, 0.05) is 12.6 Å². The van der Waals surface area contributed by atoms with Crippen LogP contribution in [0.4, 0.5) is 4.79 Å². The molecule has 0 spiro atoms. The number of hydrogen-bond acceptors (Lipinski definition) is 5. The van der Waals surface area contributed by atoms with E-state index in [0.717, 1.165) is 5.56 Å². The van der Waals surface area contributed by atoms with Gasteiger partial charge in [0.1, 0.15) is 12.1 Å². The van der Waals surface area contributed by atoms with Crippen molar-refractivity contribution >= 4 is 12.1 Å². The molecule has 21 heavy (non-hydrogen) atoms. The minimum absolute atomic E-state index is 0.0416. The molecular weight excluding hydrogens is 270 g/mol. The van der Waals surface area contributed by atoms with Gasteiger partial charge in [0.25, 0.3) is 0 Å². The van der Waals surface area contributed by atoms with Crippen LogP contribution in [0.1, 0.15) is 25.6 Å². The van der Waals surface area contributed by atoms with Crippen LogP contribution >= 0.6 is 0 Å². The second-order valence-corrected chi connectivity index (χ2v) is 5.66. The summed E-state index contributed by atoms with van der Waals surface area (Å²) in [7, 11) is 0. The third-order valence-corrected chi connectivity index (χ3v) is 3.95. The van der Waals surface area contributed by atoms with Crippen molar-refractivity contribution in [2.24, 2.45) is 5.92 Å². The molecule has 0 aliphatic carbocycles. The monoisotopic (exact) mass is 289 g/mol. The van der Waals surface area contributed by atoms with Crippen molar-refractivity contribution < 1.29 is 14.3 Å². The van der Waals surface area contributed by atoms with E-state index < -0.39 is 12.1 Å². The van der Waals surface area contributed by atoms with Crippen molar-refractivity contribution in [1.29, 1.82) is 0 Å². The number of nitrogens with zero attached hydrogens (tertiary/aromatic N) is 1. The Morgan fingerprint density at radius 2 is 1.95 bits per heavy atom. The van der Waals surface area contributed by atoms with Crippen molar-refractivity contribution in [3.05, 3.63) is 35.9 Å². The van der Waals surface area contributed by atoms with E-state index in [-0.39, 0.29) is 24.3 Å². The highest BCUT2D eigenvalue weighted by atomic mass is 16.6. The van der Waals surface area contributed by atoms with Gasteiger partial charge >= 0.3 is 12.1 Å². The first-order valence-corrected chi connectivity index (χ1v) is 7.16. The molecule has 2 saturated heterocycles. The van der Waals surface area contributed by atoms with Crippen LogP contribution in [0.15, 0.2) is 30.3 Å². The van der Waals surface area contributed by atoms with Crippen molar-refractivity contribution in [2.45, 2.75) is 32.2 Å². The molecule has 2 fully saturated rings. The standard InChI is InChI=1S/C15H19N3O3/c1-9(2)18-13-11(14(19)21-15(18)20)8-16-12(17-13)10-6-4-3-5-7-10/h3-7,9,11-13,16-17H,8H2,1-2H3. The highest BCUT2D eigenvalue weighted by molar-refractivity contribution is 5.89. The molecule has 3 atom stereocenters. The summed E-state index contributed by atoms with van der Waals surface area (Å²) in [4.78, 5) is 25.5. The number of carbonyl (C=O) groups excluding carboxylic acids is 2. The summed E-state index contributed by atoms with van der Waals surface area (Å²) < 4.78 is 4.84. The van der Waals surface area contributed by atoms with Crippen LogP contribution in [0.3, 0.4) is 0 Å². The maximum absolute atomic E-state index is 12.0. The molecule has 2 N–H and O–H groups in total. The average Bonchev–Trinajstić information content (AvgIpc) is 2.47. The fourth-order valence-electron chi connectivity index (χ4n) is 2.91. The Morgan fingerprint density at radius 1 is 1.24 bits per heavy atom. The van der Waals surface area contributed by atoms with E-state index in [2.05, 4.69) is 10.6 Å². The molecule has 2 heterocycles. The van der Waals surface area contributed by atoms with Gasteiger partial charge in [-0.05, 0) is 19.4 Å². The van der Waals surface area contributed by atoms with Gasteiger partial charge in [-0.3, -0.25) is 20.3 Å². The minimum Gasteiger partial charge on any atom is -0.376 e. The van der Waals surface area contributed by atoms with Crippen LogP contribution in [-0.2, 0) is 9.53 Å². The molecule has 0 bridgehead atoms. The normalized spacial score (nSPS) is 29.3. The highest BCUT2D eigenvalue weighted by Gasteiger charge is 2.47. The van der Waals surface area contributed by atoms with Crippen molar-refractivity contribution in [3.63, 3.8) is 0 Å². The molecule has 3 rings (SSSR count). The number of rotatable bonds is 2. The summed E-state index contributed by atoms with van der Waals surface area (Å²) in [6.07, 6.45) is -1.00. The molecule has 2 aliphatic rings. The van der Waals surface area contributed by atoms with Crippen LogP contribution < -0.4 is 10.6 Å².